The van der Waals surface area contributed by atoms with Crippen LogP contribution in [0.25, 0.3) is 0 Å². The van der Waals surface area contributed by atoms with Crippen molar-refractivity contribution in [3.8, 4) is 0 Å². The van der Waals surface area contributed by atoms with Crippen LogP contribution in [-0.4, -0.2) is 25.8 Å². The van der Waals surface area contributed by atoms with Crippen molar-refractivity contribution in [3.05, 3.63) is 34.9 Å². The van der Waals surface area contributed by atoms with Crippen molar-refractivity contribution in [1.29, 1.82) is 0 Å². The van der Waals surface area contributed by atoms with Crippen LogP contribution in [0.5, 0.6) is 0 Å². The van der Waals surface area contributed by atoms with Gasteiger partial charge in [-0.25, -0.2) is 4.79 Å². The molecule has 0 bridgehead atoms. The van der Waals surface area contributed by atoms with Crippen molar-refractivity contribution >= 4 is 17.6 Å². The molecule has 0 heterocycles. The van der Waals surface area contributed by atoms with Gasteiger partial charge in [-0.2, -0.15) is 0 Å². The van der Waals surface area contributed by atoms with Crippen LogP contribution in [0.2, 0.25) is 5.02 Å². The van der Waals surface area contributed by atoms with Gasteiger partial charge in [-0.3, -0.25) is 0 Å². The van der Waals surface area contributed by atoms with Gasteiger partial charge in [-0.1, -0.05) is 31.5 Å². The highest BCUT2D eigenvalue weighted by molar-refractivity contribution is 6.30. The van der Waals surface area contributed by atoms with Crippen LogP contribution in [0, 0.1) is 5.41 Å². The Morgan fingerprint density at radius 3 is 2.67 bits per heavy atom. The Morgan fingerprint density at radius 1 is 1.44 bits per heavy atom. The summed E-state index contributed by atoms with van der Waals surface area (Å²) in [4.78, 5) is 11.9. The topological polar surface area (TPSA) is 35.5 Å². The van der Waals surface area contributed by atoms with Gasteiger partial charge in [-0.15, -0.1) is 0 Å². The molecule has 0 saturated carbocycles. The number of halogens is 1. The zero-order valence-corrected chi connectivity index (χ0v) is 12.0. The summed E-state index contributed by atoms with van der Waals surface area (Å²) >= 11 is 5.84. The molecule has 0 amide bonds. The third-order valence-electron chi connectivity index (χ3n) is 2.96. The first-order chi connectivity index (χ1) is 8.36. The maximum atomic E-state index is 11.9. The molecule has 0 spiro atoms. The zero-order valence-electron chi connectivity index (χ0n) is 11.2. The SMILES string of the molecule is COCC(C)(C)C(C)OC(=O)c1cccc(Cl)c1. The van der Waals surface area contributed by atoms with Crippen molar-refractivity contribution in [2.24, 2.45) is 5.41 Å². The molecule has 1 unspecified atom stereocenters. The third-order valence-corrected chi connectivity index (χ3v) is 3.20. The summed E-state index contributed by atoms with van der Waals surface area (Å²) in [5, 5.41) is 0.522. The molecule has 3 nitrogen and oxygen atoms in total. The van der Waals surface area contributed by atoms with Crippen molar-refractivity contribution in [1.82, 2.24) is 0 Å². The predicted octanol–water partition coefficient (Wildman–Crippen LogP) is 3.56. The number of carbonyl (C=O) groups is 1. The lowest BCUT2D eigenvalue weighted by atomic mass is 9.88. The van der Waals surface area contributed by atoms with E-state index in [0.29, 0.717) is 17.2 Å². The second-order valence-electron chi connectivity index (χ2n) is 4.98. The van der Waals surface area contributed by atoms with Crippen LogP contribution in [-0.2, 0) is 9.47 Å². The van der Waals surface area contributed by atoms with Crippen molar-refractivity contribution in [2.75, 3.05) is 13.7 Å². The fraction of sp³-hybridized carbons (Fsp3) is 0.500. The Bertz CT molecular complexity index is 415. The van der Waals surface area contributed by atoms with Gasteiger partial charge < -0.3 is 9.47 Å². The summed E-state index contributed by atoms with van der Waals surface area (Å²) in [7, 11) is 1.63. The maximum Gasteiger partial charge on any atom is 0.338 e. The lowest BCUT2D eigenvalue weighted by molar-refractivity contribution is -0.0266. The first-order valence-corrected chi connectivity index (χ1v) is 6.20. The lowest BCUT2D eigenvalue weighted by Crippen LogP contribution is -2.35. The molecule has 4 heteroatoms. The zero-order chi connectivity index (χ0) is 13.8. The molecule has 1 aromatic rings. The highest BCUT2D eigenvalue weighted by Gasteiger charge is 2.29. The molecule has 0 radical (unpaired) electrons. The van der Waals surface area contributed by atoms with Crippen LogP contribution in [0.15, 0.2) is 24.3 Å². The average molecular weight is 271 g/mol. The molecule has 0 aliphatic heterocycles. The predicted molar refractivity (Wildman–Crippen MR) is 72.0 cm³/mol. The summed E-state index contributed by atoms with van der Waals surface area (Å²) < 4.78 is 10.6. The van der Waals surface area contributed by atoms with E-state index in [9.17, 15) is 4.79 Å². The Morgan fingerprint density at radius 2 is 2.11 bits per heavy atom. The summed E-state index contributed by atoms with van der Waals surface area (Å²) in [5.41, 5.74) is 0.228. The molecule has 18 heavy (non-hydrogen) atoms. The molecular weight excluding hydrogens is 252 g/mol. The number of hydrogen-bond donors (Lipinski definition) is 0. The maximum absolute atomic E-state index is 11.9. The highest BCUT2D eigenvalue weighted by atomic mass is 35.5. The van der Waals surface area contributed by atoms with E-state index in [2.05, 4.69) is 0 Å². The lowest BCUT2D eigenvalue weighted by Gasteiger charge is -2.30. The molecule has 0 aliphatic carbocycles. The van der Waals surface area contributed by atoms with Crippen LogP contribution in [0.4, 0.5) is 0 Å². The van der Waals surface area contributed by atoms with Crippen molar-refractivity contribution in [2.45, 2.75) is 26.9 Å². The van der Waals surface area contributed by atoms with Gasteiger partial charge in [0.05, 0.1) is 12.2 Å². The highest BCUT2D eigenvalue weighted by Crippen LogP contribution is 2.24. The first kappa shape index (κ1) is 15.0. The molecule has 1 rings (SSSR count). The van der Waals surface area contributed by atoms with E-state index in [1.807, 2.05) is 20.8 Å². The van der Waals surface area contributed by atoms with Crippen LogP contribution < -0.4 is 0 Å². The fourth-order valence-corrected chi connectivity index (χ4v) is 1.68. The molecule has 0 aromatic heterocycles. The standard InChI is InChI=1S/C14H19ClO3/c1-10(14(2,3)9-17-4)18-13(16)11-6-5-7-12(15)8-11/h5-8,10H,9H2,1-4H3. The monoisotopic (exact) mass is 270 g/mol. The number of carbonyl (C=O) groups excluding carboxylic acids is 1. The number of ether oxygens (including phenoxy) is 2. The van der Waals surface area contributed by atoms with Crippen LogP contribution in [0.3, 0.4) is 0 Å². The second kappa shape index (κ2) is 6.21. The van der Waals surface area contributed by atoms with E-state index in [0.717, 1.165) is 0 Å². The smallest absolute Gasteiger partial charge is 0.338 e. The number of hydrogen-bond acceptors (Lipinski definition) is 3. The molecule has 1 atom stereocenters. The van der Waals surface area contributed by atoms with Gasteiger partial charge in [0, 0.05) is 17.5 Å². The van der Waals surface area contributed by atoms with Crippen LogP contribution >= 0.6 is 11.6 Å². The Kier molecular flexibility index (Phi) is 5.17. The molecular formula is C14H19ClO3. The van der Waals surface area contributed by atoms with E-state index in [1.165, 1.54) is 0 Å². The van der Waals surface area contributed by atoms with Gasteiger partial charge in [0.15, 0.2) is 0 Å². The second-order valence-corrected chi connectivity index (χ2v) is 5.42. The first-order valence-electron chi connectivity index (χ1n) is 5.82. The van der Waals surface area contributed by atoms with Crippen LogP contribution in [0.1, 0.15) is 31.1 Å². The van der Waals surface area contributed by atoms with Gasteiger partial charge in [-0.05, 0) is 25.1 Å². The van der Waals surface area contributed by atoms with E-state index in [4.69, 9.17) is 21.1 Å². The summed E-state index contributed by atoms with van der Waals surface area (Å²) in [6.45, 7) is 6.37. The average Bonchev–Trinajstić information content (AvgIpc) is 2.28. The molecule has 1 aromatic carbocycles. The van der Waals surface area contributed by atoms with Gasteiger partial charge in [0.25, 0.3) is 0 Å². The van der Waals surface area contributed by atoms with Gasteiger partial charge >= 0.3 is 5.97 Å². The molecule has 0 N–H and O–H groups in total. The Balaban J connectivity index is 2.70. The van der Waals surface area contributed by atoms with E-state index >= 15 is 0 Å². The van der Waals surface area contributed by atoms with Crippen molar-refractivity contribution in [3.63, 3.8) is 0 Å². The summed E-state index contributed by atoms with van der Waals surface area (Å²) in [5.74, 6) is -0.367. The van der Waals surface area contributed by atoms with Gasteiger partial charge in [0.2, 0.25) is 0 Å². The molecule has 100 valence electrons. The van der Waals surface area contributed by atoms with Crippen molar-refractivity contribution < 1.29 is 14.3 Å². The van der Waals surface area contributed by atoms with E-state index < -0.39 is 0 Å². The Labute approximate surface area is 113 Å². The number of esters is 1. The molecule has 0 saturated heterocycles. The van der Waals surface area contributed by atoms with Gasteiger partial charge in [0.1, 0.15) is 6.10 Å². The van der Waals surface area contributed by atoms with E-state index in [-0.39, 0.29) is 17.5 Å². The largest absolute Gasteiger partial charge is 0.458 e. The van der Waals surface area contributed by atoms with E-state index in [1.54, 1.807) is 31.4 Å². The summed E-state index contributed by atoms with van der Waals surface area (Å²) in [6, 6.07) is 6.73. The number of benzene rings is 1. The quantitative estimate of drug-likeness (QED) is 0.768. The minimum atomic E-state index is -0.367. The minimum Gasteiger partial charge on any atom is -0.458 e. The normalized spacial score (nSPS) is 13.2. The molecule has 0 aliphatic rings. The summed E-state index contributed by atoms with van der Waals surface area (Å²) in [6.07, 6.45) is -0.246. The Hall–Kier alpha value is -1.06. The number of rotatable bonds is 5. The minimum absolute atomic E-state index is 0.233. The molecule has 0 fully saturated rings. The third kappa shape index (κ3) is 4.00. The fourth-order valence-electron chi connectivity index (χ4n) is 1.49. The number of methoxy groups -OCH3 is 1.